The number of hydrogen-bond acceptors (Lipinski definition) is 7. The van der Waals surface area contributed by atoms with Gasteiger partial charge < -0.3 is 20.4 Å². The van der Waals surface area contributed by atoms with Crippen LogP contribution >= 0.6 is 11.6 Å². The van der Waals surface area contributed by atoms with Crippen molar-refractivity contribution >= 4 is 40.1 Å². The van der Waals surface area contributed by atoms with Gasteiger partial charge >= 0.3 is 5.69 Å². The number of nitrogens with zero attached hydrogens (tertiary/aromatic N) is 5. The molecule has 0 aliphatic carbocycles. The zero-order valence-corrected chi connectivity index (χ0v) is 19.9. The summed E-state index contributed by atoms with van der Waals surface area (Å²) in [5.74, 6) is -2.71. The van der Waals surface area contributed by atoms with E-state index in [9.17, 15) is 23.8 Å². The lowest BCUT2D eigenvalue weighted by molar-refractivity contribution is -0.118. The van der Waals surface area contributed by atoms with E-state index in [1.807, 2.05) is 0 Å². The first-order valence-electron chi connectivity index (χ1n) is 10.9. The highest BCUT2D eigenvalue weighted by Gasteiger charge is 2.43. The predicted molar refractivity (Wildman–Crippen MR) is 126 cm³/mol. The second kappa shape index (κ2) is 8.79. The number of β-amino-alcohol motifs (C(OH)–C–C–N with tert-alkyl or cyclic N) is 1. The number of aromatic nitrogens is 4. The first-order valence-corrected chi connectivity index (χ1v) is 11.3. The molecule has 3 heterocycles. The first-order chi connectivity index (χ1) is 15.9. The smallest absolute Gasteiger partial charge is 0.328 e. The molecule has 1 aliphatic rings. The van der Waals surface area contributed by atoms with E-state index < -0.39 is 24.0 Å². The van der Waals surface area contributed by atoms with E-state index in [2.05, 4.69) is 15.3 Å². The second-order valence-electron chi connectivity index (χ2n) is 9.22. The van der Waals surface area contributed by atoms with E-state index in [0.717, 1.165) is 5.52 Å². The summed E-state index contributed by atoms with van der Waals surface area (Å²) < 4.78 is 30.4. The van der Waals surface area contributed by atoms with Crippen LogP contribution in [0.15, 0.2) is 29.2 Å². The Balaban J connectivity index is 1.62. The molecule has 3 aromatic rings. The van der Waals surface area contributed by atoms with Gasteiger partial charge in [0.05, 0.1) is 29.4 Å². The molecule has 1 aromatic carbocycles. The van der Waals surface area contributed by atoms with Gasteiger partial charge in [0.1, 0.15) is 11.1 Å². The lowest BCUT2D eigenvalue weighted by atomic mass is 10.0. The lowest BCUT2D eigenvalue weighted by Gasteiger charge is -2.35. The topological polar surface area (TPSA) is 108 Å². The molecular weight excluding hydrogens is 470 g/mol. The molecular formula is C22H27ClF2N6O3. The van der Waals surface area contributed by atoms with E-state index in [0.29, 0.717) is 24.2 Å². The van der Waals surface area contributed by atoms with Gasteiger partial charge in [0.15, 0.2) is 5.82 Å². The maximum absolute atomic E-state index is 13.6. The van der Waals surface area contributed by atoms with Crippen LogP contribution in [-0.4, -0.2) is 60.0 Å². The number of aliphatic hydroxyl groups is 2. The van der Waals surface area contributed by atoms with Crippen LogP contribution in [-0.2, 0) is 13.6 Å². The molecule has 12 heteroatoms. The monoisotopic (exact) mass is 496 g/mol. The number of fused-ring (bicyclic) bond motifs is 1. The van der Waals surface area contributed by atoms with Crippen molar-refractivity contribution in [2.45, 2.75) is 50.9 Å². The molecule has 0 spiro atoms. The number of alkyl halides is 2. The van der Waals surface area contributed by atoms with Crippen LogP contribution < -0.4 is 15.9 Å². The van der Waals surface area contributed by atoms with Crippen molar-refractivity contribution in [2.24, 2.45) is 7.05 Å². The number of nitrogens with one attached hydrogen (secondary N) is 1. The Morgan fingerprint density at radius 3 is 2.74 bits per heavy atom. The molecule has 0 saturated carbocycles. The number of benzene rings is 1. The minimum absolute atomic E-state index is 0.00537. The van der Waals surface area contributed by atoms with Crippen molar-refractivity contribution in [1.82, 2.24) is 19.1 Å². The highest BCUT2D eigenvalue weighted by molar-refractivity contribution is 6.32. The van der Waals surface area contributed by atoms with Gasteiger partial charge in [-0.25, -0.2) is 18.6 Å². The van der Waals surface area contributed by atoms with Gasteiger partial charge in [0.2, 0.25) is 5.95 Å². The third kappa shape index (κ3) is 4.86. The first kappa shape index (κ1) is 24.4. The van der Waals surface area contributed by atoms with E-state index in [1.165, 1.54) is 15.7 Å². The van der Waals surface area contributed by atoms with Crippen molar-refractivity contribution in [3.05, 3.63) is 39.9 Å². The van der Waals surface area contributed by atoms with Crippen LogP contribution in [0.3, 0.4) is 0 Å². The summed E-state index contributed by atoms with van der Waals surface area (Å²) in [6.45, 7) is 3.41. The summed E-state index contributed by atoms with van der Waals surface area (Å²) in [4.78, 5) is 22.7. The van der Waals surface area contributed by atoms with E-state index in [4.69, 9.17) is 11.6 Å². The quantitative estimate of drug-likeness (QED) is 0.481. The average molecular weight is 497 g/mol. The largest absolute Gasteiger partial charge is 0.390 e. The van der Waals surface area contributed by atoms with Gasteiger partial charge in [-0.1, -0.05) is 11.6 Å². The number of aryl methyl sites for hydroxylation is 2. The highest BCUT2D eigenvalue weighted by Crippen LogP contribution is 2.32. The summed E-state index contributed by atoms with van der Waals surface area (Å²) in [6, 6.07) is 5.34. The van der Waals surface area contributed by atoms with Crippen LogP contribution in [0.2, 0.25) is 5.02 Å². The van der Waals surface area contributed by atoms with Gasteiger partial charge in [-0.15, -0.1) is 0 Å². The average Bonchev–Trinajstić information content (AvgIpc) is 2.99. The van der Waals surface area contributed by atoms with Crippen LogP contribution in [0.4, 0.5) is 26.2 Å². The van der Waals surface area contributed by atoms with E-state index >= 15 is 0 Å². The Labute approximate surface area is 199 Å². The molecule has 0 amide bonds. The molecule has 1 aliphatic heterocycles. The minimum Gasteiger partial charge on any atom is -0.390 e. The number of anilines is 3. The molecule has 1 unspecified atom stereocenters. The van der Waals surface area contributed by atoms with Crippen LogP contribution in [0, 0.1) is 0 Å². The number of halogens is 3. The van der Waals surface area contributed by atoms with Gasteiger partial charge in [-0.3, -0.25) is 9.13 Å². The molecule has 1 atom stereocenters. The summed E-state index contributed by atoms with van der Waals surface area (Å²) in [5.41, 5.74) is 0.887. The summed E-state index contributed by atoms with van der Waals surface area (Å²) in [5, 5.41) is 23.1. The van der Waals surface area contributed by atoms with Crippen molar-refractivity contribution in [3.8, 4) is 0 Å². The standard InChI is InChI=1S/C22H27ClF2N6O3/c1-21(2,34)6-9-31-16-10-13(4-5-15(16)29(3)20(31)33)27-18-14(23)11-26-19(28-18)30-8-7-22(24,25)17(32)12-30/h4-5,10-11,17,32,34H,6-9,12H2,1-3H3,(H,26,27,28). The van der Waals surface area contributed by atoms with Gasteiger partial charge in [-0.05, 0) is 38.5 Å². The number of imidazole rings is 1. The maximum atomic E-state index is 13.6. The highest BCUT2D eigenvalue weighted by atomic mass is 35.5. The third-order valence-electron chi connectivity index (χ3n) is 5.97. The zero-order valence-electron chi connectivity index (χ0n) is 19.1. The molecule has 184 valence electrons. The third-order valence-corrected chi connectivity index (χ3v) is 6.24. The van der Waals surface area contributed by atoms with E-state index in [-0.39, 0.29) is 35.6 Å². The van der Waals surface area contributed by atoms with Crippen LogP contribution in [0.5, 0.6) is 0 Å². The molecule has 4 rings (SSSR count). The van der Waals surface area contributed by atoms with Crippen molar-refractivity contribution in [3.63, 3.8) is 0 Å². The molecule has 1 saturated heterocycles. The number of hydrogen-bond donors (Lipinski definition) is 3. The van der Waals surface area contributed by atoms with Crippen LogP contribution in [0.25, 0.3) is 11.0 Å². The minimum atomic E-state index is -3.14. The van der Waals surface area contributed by atoms with Crippen LogP contribution in [0.1, 0.15) is 26.7 Å². The fraction of sp³-hybridized carbons (Fsp3) is 0.500. The predicted octanol–water partition coefficient (Wildman–Crippen LogP) is 2.89. The Bertz CT molecular complexity index is 1270. The Hall–Kier alpha value is -2.76. The zero-order chi connectivity index (χ0) is 24.8. The Kier molecular flexibility index (Phi) is 6.30. The number of rotatable bonds is 6. The fourth-order valence-electron chi connectivity index (χ4n) is 3.89. The van der Waals surface area contributed by atoms with Gasteiger partial charge in [0, 0.05) is 32.2 Å². The van der Waals surface area contributed by atoms with Gasteiger partial charge in [0.25, 0.3) is 5.92 Å². The molecule has 2 aromatic heterocycles. The van der Waals surface area contributed by atoms with Crippen molar-refractivity contribution in [2.75, 3.05) is 23.3 Å². The molecule has 0 radical (unpaired) electrons. The summed E-state index contributed by atoms with van der Waals surface area (Å²) >= 11 is 6.28. The van der Waals surface area contributed by atoms with Gasteiger partial charge in [-0.2, -0.15) is 4.98 Å². The molecule has 3 N–H and O–H groups in total. The molecule has 34 heavy (non-hydrogen) atoms. The second-order valence-corrected chi connectivity index (χ2v) is 9.63. The SMILES string of the molecule is Cn1c(=O)n(CCC(C)(C)O)c2cc(Nc3nc(N4CCC(F)(F)C(O)C4)ncc3Cl)ccc21. The summed E-state index contributed by atoms with van der Waals surface area (Å²) in [7, 11) is 1.68. The number of aliphatic hydroxyl groups excluding tert-OH is 1. The molecule has 1 fully saturated rings. The Morgan fingerprint density at radius 1 is 1.32 bits per heavy atom. The fourth-order valence-corrected chi connectivity index (χ4v) is 4.03. The maximum Gasteiger partial charge on any atom is 0.328 e. The summed E-state index contributed by atoms with van der Waals surface area (Å²) in [6.07, 6.45) is -0.550. The molecule has 0 bridgehead atoms. The molecule has 9 nitrogen and oxygen atoms in total. The van der Waals surface area contributed by atoms with Crippen molar-refractivity contribution < 1.29 is 19.0 Å². The van der Waals surface area contributed by atoms with Crippen molar-refractivity contribution in [1.29, 1.82) is 0 Å². The lowest BCUT2D eigenvalue weighted by Crippen LogP contribution is -2.51. The normalized spacial score (nSPS) is 18.5. The number of piperidine rings is 1. The Morgan fingerprint density at radius 2 is 2.06 bits per heavy atom. The van der Waals surface area contributed by atoms with E-state index in [1.54, 1.807) is 43.7 Å².